The third-order valence-electron chi connectivity index (χ3n) is 5.10. The monoisotopic (exact) mass is 437 g/mol. The van der Waals surface area contributed by atoms with Crippen LogP contribution in [0.2, 0.25) is 0 Å². The Morgan fingerprint density at radius 2 is 2.00 bits per heavy atom. The van der Waals surface area contributed by atoms with Crippen LogP contribution in [0.25, 0.3) is 10.2 Å². The lowest BCUT2D eigenvalue weighted by Gasteiger charge is -2.38. The molecule has 0 saturated heterocycles. The van der Waals surface area contributed by atoms with Gasteiger partial charge in [-0.15, -0.1) is 11.3 Å². The minimum absolute atomic E-state index is 0.292. The van der Waals surface area contributed by atoms with Gasteiger partial charge in [-0.3, -0.25) is 0 Å². The third kappa shape index (κ3) is 4.83. The Morgan fingerprint density at radius 3 is 2.59 bits per heavy atom. The number of carboxylic acids is 1. The van der Waals surface area contributed by atoms with Crippen molar-refractivity contribution in [1.29, 1.82) is 0 Å². The summed E-state index contributed by atoms with van der Waals surface area (Å²) in [5.74, 6) is -0.962. The number of thioether (sulfide) groups is 1. The number of thiophene rings is 1. The van der Waals surface area contributed by atoms with Gasteiger partial charge in [-0.1, -0.05) is 31.0 Å². The molecule has 1 saturated carbocycles. The minimum Gasteiger partial charge on any atom is -0.477 e. The summed E-state index contributed by atoms with van der Waals surface area (Å²) in [6.07, 6.45) is 7.77. The zero-order valence-corrected chi connectivity index (χ0v) is 18.8. The summed E-state index contributed by atoms with van der Waals surface area (Å²) < 4.78 is 6.16. The average Bonchev–Trinajstić information content (AvgIpc) is 3.05. The van der Waals surface area contributed by atoms with Crippen LogP contribution in [-0.2, 0) is 10.2 Å². The van der Waals surface area contributed by atoms with Gasteiger partial charge in [0.15, 0.2) is 5.16 Å². The molecule has 1 aliphatic carbocycles. The molecule has 0 atom stereocenters. The van der Waals surface area contributed by atoms with Gasteiger partial charge in [-0.2, -0.15) is 0 Å². The number of nitrogens with one attached hydrogen (secondary N) is 1. The predicted molar refractivity (Wildman–Crippen MR) is 115 cm³/mol. The molecule has 3 rings (SSSR count). The lowest BCUT2D eigenvalue weighted by molar-refractivity contribution is 0.0508. The second-order valence-electron chi connectivity index (χ2n) is 8.38. The van der Waals surface area contributed by atoms with E-state index in [0.29, 0.717) is 22.1 Å². The van der Waals surface area contributed by atoms with Crippen molar-refractivity contribution in [2.45, 2.75) is 69.0 Å². The molecule has 0 aromatic carbocycles. The number of fused-ring (bicyclic) bond motifs is 1. The maximum Gasteiger partial charge on any atom is 0.407 e. The third-order valence-corrected chi connectivity index (χ3v) is 6.76. The van der Waals surface area contributed by atoms with E-state index in [-0.39, 0.29) is 0 Å². The van der Waals surface area contributed by atoms with Gasteiger partial charge in [0.25, 0.3) is 0 Å². The summed E-state index contributed by atoms with van der Waals surface area (Å²) in [5, 5.41) is 13.4. The minimum atomic E-state index is -0.962. The van der Waals surface area contributed by atoms with E-state index >= 15 is 0 Å². The summed E-state index contributed by atoms with van der Waals surface area (Å²) in [4.78, 5) is 33.7. The number of carboxylic acid groups (broad SMARTS) is 1. The highest BCUT2D eigenvalue weighted by Crippen LogP contribution is 2.46. The van der Waals surface area contributed by atoms with Crippen molar-refractivity contribution in [2.24, 2.45) is 0 Å². The summed E-state index contributed by atoms with van der Waals surface area (Å²) in [5.41, 5.74) is 0.356. The molecule has 1 aliphatic rings. The van der Waals surface area contributed by atoms with Gasteiger partial charge >= 0.3 is 12.1 Å². The number of carbonyl (C=O) groups excluding carboxylic acids is 1. The zero-order valence-electron chi connectivity index (χ0n) is 17.2. The Morgan fingerprint density at radius 1 is 1.31 bits per heavy atom. The maximum atomic E-state index is 12.3. The molecule has 0 aliphatic heterocycles. The van der Waals surface area contributed by atoms with Gasteiger partial charge in [-0.05, 0) is 39.9 Å². The van der Waals surface area contributed by atoms with E-state index in [1.165, 1.54) is 23.1 Å². The van der Waals surface area contributed by atoms with Crippen molar-refractivity contribution in [3.8, 4) is 0 Å². The van der Waals surface area contributed by atoms with Crippen LogP contribution in [0, 0.1) is 0 Å². The van der Waals surface area contributed by atoms with Gasteiger partial charge in [0.2, 0.25) is 0 Å². The van der Waals surface area contributed by atoms with Crippen LogP contribution in [0.1, 0.15) is 68.1 Å². The molecule has 2 heterocycles. The van der Waals surface area contributed by atoms with Crippen molar-refractivity contribution in [3.05, 3.63) is 16.6 Å². The molecule has 0 unspecified atom stereocenters. The van der Waals surface area contributed by atoms with Crippen LogP contribution in [0.5, 0.6) is 0 Å². The Bertz CT molecular complexity index is 914. The van der Waals surface area contributed by atoms with Crippen LogP contribution < -0.4 is 5.32 Å². The maximum absolute atomic E-state index is 12.3. The van der Waals surface area contributed by atoms with Crippen LogP contribution in [-0.4, -0.2) is 45.5 Å². The molecule has 29 heavy (non-hydrogen) atoms. The van der Waals surface area contributed by atoms with Gasteiger partial charge < -0.3 is 15.2 Å². The highest BCUT2D eigenvalue weighted by molar-refractivity contribution is 7.98. The number of amides is 1. The second-order valence-corrected chi connectivity index (χ2v) is 10.2. The molecule has 0 radical (unpaired) electrons. The van der Waals surface area contributed by atoms with Crippen molar-refractivity contribution in [1.82, 2.24) is 15.3 Å². The fourth-order valence-electron chi connectivity index (χ4n) is 3.92. The number of carbonyl (C=O) groups is 2. The van der Waals surface area contributed by atoms with E-state index in [9.17, 15) is 14.7 Å². The molecule has 2 N–H and O–H groups in total. The van der Waals surface area contributed by atoms with Crippen LogP contribution in [0.4, 0.5) is 4.79 Å². The van der Waals surface area contributed by atoms with Crippen molar-refractivity contribution in [2.75, 3.05) is 12.8 Å². The standard InChI is InChI=1S/C20H27N3O4S2/c1-19(2,3)27-18(26)22-11-20(8-6-5-7-9-20)13-14-12(29-15(13)16(24)25)10-21-17(23-14)28-4/h10H,5-9,11H2,1-4H3,(H,22,26)(H,24,25). The van der Waals surface area contributed by atoms with Crippen molar-refractivity contribution < 1.29 is 19.4 Å². The van der Waals surface area contributed by atoms with Gasteiger partial charge in [-0.25, -0.2) is 19.6 Å². The molecule has 1 amide bonds. The number of alkyl carbamates (subject to hydrolysis) is 1. The first-order valence-corrected chi connectivity index (χ1v) is 11.7. The van der Waals surface area contributed by atoms with Crippen LogP contribution in [0.3, 0.4) is 0 Å². The van der Waals surface area contributed by atoms with Crippen molar-refractivity contribution in [3.63, 3.8) is 0 Å². The molecular formula is C20H27N3O4S2. The lowest BCUT2D eigenvalue weighted by Crippen LogP contribution is -2.44. The first kappa shape index (κ1) is 21.8. The SMILES string of the molecule is CSc1ncc2sc(C(=O)O)c(C3(CNC(=O)OC(C)(C)C)CCCCC3)c2n1. The molecule has 0 bridgehead atoms. The second kappa shape index (κ2) is 8.47. The van der Waals surface area contributed by atoms with Crippen molar-refractivity contribution >= 4 is 45.4 Å². The summed E-state index contributed by atoms with van der Waals surface area (Å²) in [6.45, 7) is 5.78. The number of ether oxygens (including phenoxy) is 1. The average molecular weight is 438 g/mol. The number of hydrogen-bond donors (Lipinski definition) is 2. The van der Waals surface area contributed by atoms with Gasteiger partial charge in [0.1, 0.15) is 10.5 Å². The number of aromatic carboxylic acids is 1. The Hall–Kier alpha value is -1.87. The molecule has 9 heteroatoms. The van der Waals surface area contributed by atoms with E-state index in [2.05, 4.69) is 15.3 Å². The summed E-state index contributed by atoms with van der Waals surface area (Å²) in [7, 11) is 0. The topological polar surface area (TPSA) is 101 Å². The quantitative estimate of drug-likeness (QED) is 0.510. The van der Waals surface area contributed by atoms with E-state index in [0.717, 1.165) is 42.4 Å². The number of hydrogen-bond acceptors (Lipinski definition) is 7. The lowest BCUT2D eigenvalue weighted by atomic mass is 9.69. The number of nitrogens with zero attached hydrogens (tertiary/aromatic N) is 2. The van der Waals surface area contributed by atoms with E-state index in [1.807, 2.05) is 27.0 Å². The number of aromatic nitrogens is 2. The fourth-order valence-corrected chi connectivity index (χ4v) is 5.33. The molecule has 2 aromatic heterocycles. The Kier molecular flexibility index (Phi) is 6.38. The van der Waals surface area contributed by atoms with Crippen LogP contribution in [0.15, 0.2) is 11.4 Å². The largest absolute Gasteiger partial charge is 0.477 e. The Labute approximate surface area is 178 Å². The molecule has 1 fully saturated rings. The van der Waals surface area contributed by atoms with Crippen LogP contribution >= 0.6 is 23.1 Å². The zero-order chi connectivity index (χ0) is 21.2. The highest BCUT2D eigenvalue weighted by atomic mass is 32.2. The predicted octanol–water partition coefficient (Wildman–Crippen LogP) is 4.84. The smallest absolute Gasteiger partial charge is 0.407 e. The van der Waals surface area contributed by atoms with E-state index < -0.39 is 23.1 Å². The number of rotatable bonds is 5. The molecule has 0 spiro atoms. The van der Waals surface area contributed by atoms with Gasteiger partial charge in [0.05, 0.1) is 10.2 Å². The molecule has 158 valence electrons. The molecular weight excluding hydrogens is 410 g/mol. The summed E-state index contributed by atoms with van der Waals surface area (Å²) in [6, 6.07) is 0. The first-order chi connectivity index (χ1) is 13.6. The Balaban J connectivity index is 2.06. The highest BCUT2D eigenvalue weighted by Gasteiger charge is 2.41. The molecule has 2 aromatic rings. The normalized spacial score (nSPS) is 16.6. The molecule has 7 nitrogen and oxygen atoms in total. The fraction of sp³-hybridized carbons (Fsp3) is 0.600. The van der Waals surface area contributed by atoms with E-state index in [1.54, 1.807) is 6.20 Å². The first-order valence-electron chi connectivity index (χ1n) is 9.69. The van der Waals surface area contributed by atoms with E-state index in [4.69, 9.17) is 4.74 Å². The van der Waals surface area contributed by atoms with Gasteiger partial charge in [0, 0.05) is 23.7 Å². The summed E-state index contributed by atoms with van der Waals surface area (Å²) >= 11 is 2.64.